The molecule has 0 radical (unpaired) electrons. The van der Waals surface area contributed by atoms with Crippen molar-refractivity contribution in [3.05, 3.63) is 211 Å². The molecule has 0 saturated carbocycles. The summed E-state index contributed by atoms with van der Waals surface area (Å²) >= 11 is 0. The summed E-state index contributed by atoms with van der Waals surface area (Å²) in [7, 11) is 0. The van der Waals surface area contributed by atoms with Crippen molar-refractivity contribution >= 4 is 10.8 Å². The molecule has 57 heavy (non-hydrogen) atoms. The van der Waals surface area contributed by atoms with Crippen LogP contribution in [0, 0.1) is 17.9 Å². The summed E-state index contributed by atoms with van der Waals surface area (Å²) in [5.41, 5.74) is 12.3. The molecule has 0 spiro atoms. The first kappa shape index (κ1) is 33.6. The summed E-state index contributed by atoms with van der Waals surface area (Å²) in [5, 5.41) is 12.9. The first-order valence-electron chi connectivity index (χ1n) is 18.8. The fourth-order valence-corrected chi connectivity index (χ4v) is 8.08. The van der Waals surface area contributed by atoms with E-state index in [9.17, 15) is 5.26 Å². The molecule has 5 heteroatoms. The second-order valence-corrected chi connectivity index (χ2v) is 14.2. The zero-order chi connectivity index (χ0) is 38.3. The van der Waals surface area contributed by atoms with Gasteiger partial charge in [0.1, 0.15) is 0 Å². The van der Waals surface area contributed by atoms with Gasteiger partial charge in [-0.1, -0.05) is 133 Å². The van der Waals surface area contributed by atoms with Gasteiger partial charge in [-0.2, -0.15) is 5.26 Å². The largest absolute Gasteiger partial charge is 0.367 e. The van der Waals surface area contributed by atoms with Crippen molar-refractivity contribution < 1.29 is 0 Å². The zero-order valence-corrected chi connectivity index (χ0v) is 30.6. The monoisotopic (exact) mass is 725 g/mol. The quantitative estimate of drug-likeness (QED) is 0.160. The number of rotatable bonds is 6. The lowest BCUT2D eigenvalue weighted by Crippen LogP contribution is -2.17. The van der Waals surface area contributed by atoms with Crippen LogP contribution in [0.15, 0.2) is 188 Å². The van der Waals surface area contributed by atoms with E-state index >= 15 is 0 Å². The Morgan fingerprint density at radius 2 is 1.11 bits per heavy atom. The van der Waals surface area contributed by atoms with Gasteiger partial charge in [-0.3, -0.25) is 9.83 Å². The summed E-state index contributed by atoms with van der Waals surface area (Å²) in [6.45, 7) is 8.40. The SMILES string of the molecule is [C-]#[N+]C1(C#N)c2cc(-c3cc(-c4cccnc4)cc(-c4cc(-c5ccc(-c6ccccc6)cc5)nc(-c5ccccc5)n4)c3)ccc2-c2c1ccc1ccccc21. The molecule has 0 bridgehead atoms. The predicted molar refractivity (Wildman–Crippen MR) is 228 cm³/mol. The van der Waals surface area contributed by atoms with E-state index in [0.29, 0.717) is 11.4 Å². The molecule has 0 saturated heterocycles. The fourth-order valence-electron chi connectivity index (χ4n) is 8.08. The maximum atomic E-state index is 10.8. The third-order valence-electron chi connectivity index (χ3n) is 10.9. The topological polar surface area (TPSA) is 66.8 Å². The average molecular weight is 726 g/mol. The minimum absolute atomic E-state index is 0.627. The van der Waals surface area contributed by atoms with Gasteiger partial charge in [-0.25, -0.2) is 16.5 Å². The highest BCUT2D eigenvalue weighted by Crippen LogP contribution is 2.53. The van der Waals surface area contributed by atoms with Gasteiger partial charge in [-0.15, -0.1) is 0 Å². The van der Waals surface area contributed by atoms with Gasteiger partial charge in [-0.05, 0) is 86.6 Å². The third kappa shape index (κ3) is 5.74. The Hall–Kier alpha value is -7.99. The molecule has 1 atom stereocenters. The molecule has 0 fully saturated rings. The first-order chi connectivity index (χ1) is 28.1. The first-order valence-corrected chi connectivity index (χ1v) is 18.8. The third-order valence-corrected chi connectivity index (χ3v) is 10.9. The number of aromatic nitrogens is 3. The van der Waals surface area contributed by atoms with Crippen molar-refractivity contribution in [2.75, 3.05) is 0 Å². The molecule has 0 amide bonds. The van der Waals surface area contributed by atoms with E-state index in [4.69, 9.17) is 16.5 Å². The molecule has 0 aliphatic heterocycles. The van der Waals surface area contributed by atoms with Gasteiger partial charge in [0, 0.05) is 40.2 Å². The second-order valence-electron chi connectivity index (χ2n) is 14.2. The van der Waals surface area contributed by atoms with Crippen LogP contribution in [0.5, 0.6) is 0 Å². The van der Waals surface area contributed by atoms with E-state index in [-0.39, 0.29) is 0 Å². The lowest BCUT2D eigenvalue weighted by Gasteiger charge is -2.15. The molecular formula is C52H31N5. The van der Waals surface area contributed by atoms with E-state index in [1.165, 1.54) is 0 Å². The van der Waals surface area contributed by atoms with Crippen LogP contribution in [-0.4, -0.2) is 15.0 Å². The lowest BCUT2D eigenvalue weighted by molar-refractivity contribution is 0.856. The normalized spacial score (nSPS) is 14.0. The van der Waals surface area contributed by atoms with Crippen LogP contribution in [-0.2, 0) is 5.54 Å². The van der Waals surface area contributed by atoms with Gasteiger partial charge >= 0.3 is 5.54 Å². The molecule has 2 heterocycles. The summed E-state index contributed by atoms with van der Waals surface area (Å²) in [4.78, 5) is 18.8. The number of fused-ring (bicyclic) bond motifs is 5. The van der Waals surface area contributed by atoms with Crippen LogP contribution in [0.4, 0.5) is 0 Å². The molecule has 10 rings (SSSR count). The van der Waals surface area contributed by atoms with Gasteiger partial charge in [0.05, 0.1) is 22.5 Å². The van der Waals surface area contributed by atoms with Crippen LogP contribution >= 0.6 is 0 Å². The Kier molecular flexibility index (Phi) is 8.07. The molecule has 5 nitrogen and oxygen atoms in total. The van der Waals surface area contributed by atoms with Crippen LogP contribution in [0.3, 0.4) is 0 Å². The minimum Gasteiger partial charge on any atom is -0.283 e. The van der Waals surface area contributed by atoms with E-state index in [0.717, 1.165) is 88.9 Å². The van der Waals surface area contributed by atoms with E-state index in [1.54, 1.807) is 6.20 Å². The number of benzene rings is 7. The summed E-state index contributed by atoms with van der Waals surface area (Å²) in [6.07, 6.45) is 3.63. The van der Waals surface area contributed by atoms with Gasteiger partial charge in [0.2, 0.25) is 0 Å². The van der Waals surface area contributed by atoms with Gasteiger partial charge < -0.3 is 0 Å². The fraction of sp³-hybridized carbons (Fsp3) is 0.0192. The van der Waals surface area contributed by atoms with Crippen molar-refractivity contribution in [2.45, 2.75) is 5.54 Å². The molecule has 1 aliphatic carbocycles. The molecule has 7 aromatic carbocycles. The number of hydrogen-bond donors (Lipinski definition) is 0. The van der Waals surface area contributed by atoms with Crippen molar-refractivity contribution in [3.8, 4) is 84.5 Å². The molecule has 9 aromatic rings. The molecule has 264 valence electrons. The minimum atomic E-state index is -1.46. The molecule has 1 aliphatic rings. The van der Waals surface area contributed by atoms with Crippen LogP contribution in [0.25, 0.3) is 94.0 Å². The van der Waals surface area contributed by atoms with Crippen molar-refractivity contribution in [3.63, 3.8) is 0 Å². The van der Waals surface area contributed by atoms with E-state index in [2.05, 4.69) is 107 Å². The Morgan fingerprint density at radius 1 is 0.491 bits per heavy atom. The van der Waals surface area contributed by atoms with Crippen LogP contribution in [0.1, 0.15) is 11.1 Å². The molecular weight excluding hydrogens is 695 g/mol. The van der Waals surface area contributed by atoms with Crippen LogP contribution < -0.4 is 0 Å². The van der Waals surface area contributed by atoms with Gasteiger partial charge in [0.25, 0.3) is 0 Å². The Labute approximate surface area is 330 Å². The Bertz CT molecular complexity index is 3060. The highest BCUT2D eigenvalue weighted by molar-refractivity contribution is 6.04. The smallest absolute Gasteiger partial charge is 0.283 e. The maximum Gasteiger partial charge on any atom is 0.367 e. The highest BCUT2D eigenvalue weighted by Gasteiger charge is 2.51. The summed E-state index contributed by atoms with van der Waals surface area (Å²) < 4.78 is 0. The standard InChI is InChI=1S/C52H31N5/c1-54-52(33-53)46-25-23-36-13-8-9-17-44(36)50(46)45-24-22-39(30-47(45)52)41-27-42(40-16-10-26-55-32-40)29-43(28-41)49-31-48(56-51(57-49)38-14-6-3-7-15-38)37-20-18-35(19-21-37)34-11-4-2-5-12-34/h2-32H. The lowest BCUT2D eigenvalue weighted by atomic mass is 9.87. The maximum absolute atomic E-state index is 10.8. The Balaban J connectivity index is 1.16. The van der Waals surface area contributed by atoms with Crippen molar-refractivity contribution in [1.82, 2.24) is 15.0 Å². The number of pyridine rings is 1. The predicted octanol–water partition coefficient (Wildman–Crippen LogP) is 12.7. The zero-order valence-electron chi connectivity index (χ0n) is 30.6. The highest BCUT2D eigenvalue weighted by atomic mass is 14.9. The van der Waals surface area contributed by atoms with E-state index in [1.807, 2.05) is 91.1 Å². The molecule has 2 aromatic heterocycles. The number of hydrogen-bond acceptors (Lipinski definition) is 4. The summed E-state index contributed by atoms with van der Waals surface area (Å²) in [6, 6.07) is 62.2. The van der Waals surface area contributed by atoms with E-state index < -0.39 is 5.54 Å². The molecule has 0 N–H and O–H groups in total. The van der Waals surface area contributed by atoms with Crippen molar-refractivity contribution in [1.29, 1.82) is 5.26 Å². The Morgan fingerprint density at radius 3 is 1.82 bits per heavy atom. The molecule has 1 unspecified atom stereocenters. The second kappa shape index (κ2) is 13.7. The van der Waals surface area contributed by atoms with Crippen LogP contribution in [0.2, 0.25) is 0 Å². The van der Waals surface area contributed by atoms with Crippen molar-refractivity contribution in [2.24, 2.45) is 0 Å². The number of nitriles is 1. The average Bonchev–Trinajstić information content (AvgIpc) is 3.59. The summed E-state index contributed by atoms with van der Waals surface area (Å²) in [5.74, 6) is 0.627. The number of nitrogens with zero attached hydrogens (tertiary/aromatic N) is 5. The van der Waals surface area contributed by atoms with Gasteiger partial charge in [0.15, 0.2) is 11.9 Å².